The van der Waals surface area contributed by atoms with Gasteiger partial charge in [0.05, 0.1) is 24.7 Å². The van der Waals surface area contributed by atoms with Gasteiger partial charge in [0.1, 0.15) is 5.75 Å². The van der Waals surface area contributed by atoms with Crippen molar-refractivity contribution in [3.8, 4) is 5.75 Å². The topological polar surface area (TPSA) is 56.3 Å². The summed E-state index contributed by atoms with van der Waals surface area (Å²) < 4.78 is 7.44. The molecular weight excluding hydrogens is 276 g/mol. The third-order valence-corrected chi connectivity index (χ3v) is 4.47. The number of aromatic nitrogens is 2. The van der Waals surface area contributed by atoms with Crippen LogP contribution in [0.5, 0.6) is 5.75 Å². The molecular formula is C17H24N4O. The fraction of sp³-hybridized carbons (Fsp3) is 0.471. The van der Waals surface area contributed by atoms with Gasteiger partial charge in [0.15, 0.2) is 0 Å². The lowest BCUT2D eigenvalue weighted by atomic mass is 10.0. The molecule has 2 aromatic rings. The van der Waals surface area contributed by atoms with Crippen LogP contribution < -0.4 is 15.4 Å². The summed E-state index contributed by atoms with van der Waals surface area (Å²) >= 11 is 0. The van der Waals surface area contributed by atoms with Crippen molar-refractivity contribution in [2.24, 2.45) is 12.8 Å². The molecule has 0 amide bonds. The van der Waals surface area contributed by atoms with Crippen LogP contribution in [0.4, 0.5) is 5.69 Å². The Kier molecular flexibility index (Phi) is 4.34. The molecule has 0 radical (unpaired) electrons. The normalized spacial score (nSPS) is 16.0. The van der Waals surface area contributed by atoms with E-state index in [9.17, 15) is 0 Å². The summed E-state index contributed by atoms with van der Waals surface area (Å²) in [5.74, 6) is 0.926. The van der Waals surface area contributed by atoms with Gasteiger partial charge in [0, 0.05) is 38.2 Å². The van der Waals surface area contributed by atoms with E-state index in [0.717, 1.165) is 38.1 Å². The highest BCUT2D eigenvalue weighted by molar-refractivity contribution is 5.52. The summed E-state index contributed by atoms with van der Waals surface area (Å²) in [6.45, 7) is 2.01. The summed E-state index contributed by atoms with van der Waals surface area (Å²) in [5.41, 5.74) is 9.64. The minimum Gasteiger partial charge on any atom is -0.496 e. The van der Waals surface area contributed by atoms with Crippen LogP contribution in [0.2, 0.25) is 0 Å². The molecule has 0 bridgehead atoms. The van der Waals surface area contributed by atoms with E-state index in [2.05, 4.69) is 16.1 Å². The van der Waals surface area contributed by atoms with Crippen molar-refractivity contribution in [3.63, 3.8) is 0 Å². The monoisotopic (exact) mass is 300 g/mol. The molecule has 5 heteroatoms. The van der Waals surface area contributed by atoms with Crippen molar-refractivity contribution in [2.75, 3.05) is 25.1 Å². The minimum atomic E-state index is 0.339. The Labute approximate surface area is 131 Å². The number of nitrogens with two attached hydrogens (primary N) is 1. The van der Waals surface area contributed by atoms with Crippen LogP contribution in [0.25, 0.3) is 0 Å². The second-order valence-corrected chi connectivity index (χ2v) is 5.91. The lowest BCUT2D eigenvalue weighted by Crippen LogP contribution is -2.40. The Morgan fingerprint density at radius 3 is 2.73 bits per heavy atom. The van der Waals surface area contributed by atoms with Gasteiger partial charge in [-0.05, 0) is 18.9 Å². The zero-order chi connectivity index (χ0) is 15.5. The number of rotatable bonds is 4. The lowest BCUT2D eigenvalue weighted by molar-refractivity contribution is 0.410. The predicted molar refractivity (Wildman–Crippen MR) is 88.4 cm³/mol. The van der Waals surface area contributed by atoms with Crippen molar-refractivity contribution in [2.45, 2.75) is 25.3 Å². The van der Waals surface area contributed by atoms with E-state index < -0.39 is 0 Å². The molecule has 1 aliphatic rings. The van der Waals surface area contributed by atoms with E-state index in [0.29, 0.717) is 6.04 Å². The van der Waals surface area contributed by atoms with E-state index in [-0.39, 0.29) is 0 Å². The van der Waals surface area contributed by atoms with Crippen LogP contribution in [0.1, 0.15) is 24.1 Å². The number of benzene rings is 1. The molecule has 0 aliphatic carbocycles. The summed E-state index contributed by atoms with van der Waals surface area (Å²) in [4.78, 5) is 2.40. The number of nitrogens with zero attached hydrogens (tertiary/aromatic N) is 3. The molecule has 0 spiro atoms. The highest BCUT2D eigenvalue weighted by Crippen LogP contribution is 2.28. The zero-order valence-corrected chi connectivity index (χ0v) is 13.3. The third kappa shape index (κ3) is 2.95. The first kappa shape index (κ1) is 14.9. The van der Waals surface area contributed by atoms with Gasteiger partial charge in [-0.15, -0.1) is 0 Å². The van der Waals surface area contributed by atoms with E-state index in [4.69, 9.17) is 10.5 Å². The number of piperidine rings is 1. The fourth-order valence-corrected chi connectivity index (χ4v) is 3.09. The maximum atomic E-state index is 6.02. The zero-order valence-electron chi connectivity index (χ0n) is 13.3. The first-order valence-electron chi connectivity index (χ1n) is 7.82. The van der Waals surface area contributed by atoms with E-state index in [1.807, 2.05) is 36.1 Å². The van der Waals surface area contributed by atoms with Crippen molar-refractivity contribution in [3.05, 3.63) is 41.7 Å². The number of methoxy groups -OCH3 is 1. The fourth-order valence-electron chi connectivity index (χ4n) is 3.09. The smallest absolute Gasteiger partial charge is 0.122 e. The molecule has 0 unspecified atom stereocenters. The number of hydrogen-bond donors (Lipinski definition) is 1. The van der Waals surface area contributed by atoms with Crippen LogP contribution in [0.15, 0.2) is 30.5 Å². The van der Waals surface area contributed by atoms with Gasteiger partial charge < -0.3 is 15.4 Å². The van der Waals surface area contributed by atoms with Gasteiger partial charge in [-0.3, -0.25) is 4.68 Å². The number of para-hydroxylation sites is 1. The summed E-state index contributed by atoms with van der Waals surface area (Å²) in [6.07, 6.45) is 4.88. The lowest BCUT2D eigenvalue weighted by Gasteiger charge is -2.31. The molecule has 1 aliphatic heterocycles. The molecule has 5 nitrogen and oxygen atoms in total. The average Bonchev–Trinajstić information content (AvgIpc) is 2.90. The highest BCUT2D eigenvalue weighted by atomic mass is 16.5. The Bertz CT molecular complexity index is 629. The Morgan fingerprint density at radius 2 is 2.00 bits per heavy atom. The van der Waals surface area contributed by atoms with Crippen molar-refractivity contribution < 1.29 is 4.74 Å². The third-order valence-electron chi connectivity index (χ3n) is 4.47. The molecule has 22 heavy (non-hydrogen) atoms. The highest BCUT2D eigenvalue weighted by Gasteiger charge is 2.21. The Morgan fingerprint density at radius 1 is 1.27 bits per heavy atom. The van der Waals surface area contributed by atoms with Crippen LogP contribution in [-0.4, -0.2) is 36.0 Å². The Hall–Kier alpha value is -2.01. The summed E-state index contributed by atoms with van der Waals surface area (Å²) in [6, 6.07) is 8.50. The standard InChI is InChI=1S/C17H24N4O/c1-20-15(11-13-5-3-4-6-17(13)22-2)16(12-19-20)21-9-7-14(18)8-10-21/h3-6,12,14H,7-11,18H2,1-2H3. The van der Waals surface area contributed by atoms with Gasteiger partial charge in [-0.1, -0.05) is 18.2 Å². The predicted octanol–water partition coefficient (Wildman–Crippen LogP) is 1.95. The second-order valence-electron chi connectivity index (χ2n) is 5.91. The van der Waals surface area contributed by atoms with Crippen LogP contribution in [-0.2, 0) is 13.5 Å². The maximum Gasteiger partial charge on any atom is 0.122 e. The minimum absolute atomic E-state index is 0.339. The van der Waals surface area contributed by atoms with Crippen molar-refractivity contribution in [1.29, 1.82) is 0 Å². The quantitative estimate of drug-likeness (QED) is 0.937. The molecule has 1 saturated heterocycles. The van der Waals surface area contributed by atoms with Crippen LogP contribution in [0.3, 0.4) is 0 Å². The number of hydrogen-bond acceptors (Lipinski definition) is 4. The number of ether oxygens (including phenoxy) is 1. The molecule has 2 heterocycles. The number of aryl methyl sites for hydroxylation is 1. The van der Waals surface area contributed by atoms with Gasteiger partial charge in [-0.2, -0.15) is 5.10 Å². The maximum absolute atomic E-state index is 6.02. The molecule has 0 saturated carbocycles. The van der Waals surface area contributed by atoms with Crippen LogP contribution >= 0.6 is 0 Å². The Balaban J connectivity index is 1.86. The van der Waals surface area contributed by atoms with Gasteiger partial charge in [-0.25, -0.2) is 0 Å². The van der Waals surface area contributed by atoms with E-state index in [1.54, 1.807) is 7.11 Å². The van der Waals surface area contributed by atoms with E-state index in [1.165, 1.54) is 16.9 Å². The first-order valence-corrected chi connectivity index (χ1v) is 7.82. The van der Waals surface area contributed by atoms with Gasteiger partial charge in [0.25, 0.3) is 0 Å². The van der Waals surface area contributed by atoms with Gasteiger partial charge in [0.2, 0.25) is 0 Å². The first-order chi connectivity index (χ1) is 10.7. The average molecular weight is 300 g/mol. The number of anilines is 1. The molecule has 3 rings (SSSR count). The molecule has 2 N–H and O–H groups in total. The molecule has 1 aromatic heterocycles. The van der Waals surface area contributed by atoms with E-state index >= 15 is 0 Å². The molecule has 0 atom stereocenters. The van der Waals surface area contributed by atoms with Crippen molar-refractivity contribution in [1.82, 2.24) is 9.78 Å². The largest absolute Gasteiger partial charge is 0.496 e. The molecule has 118 valence electrons. The second kappa shape index (κ2) is 6.40. The van der Waals surface area contributed by atoms with Crippen molar-refractivity contribution >= 4 is 5.69 Å². The van der Waals surface area contributed by atoms with Crippen LogP contribution in [0, 0.1) is 0 Å². The molecule has 1 fully saturated rings. The summed E-state index contributed by atoms with van der Waals surface area (Å²) in [7, 11) is 3.72. The SMILES string of the molecule is COc1ccccc1Cc1c(N2CCC(N)CC2)cnn1C. The van der Waals surface area contributed by atoms with Gasteiger partial charge >= 0.3 is 0 Å². The molecule has 1 aromatic carbocycles. The summed E-state index contributed by atoms with van der Waals surface area (Å²) in [5, 5.41) is 4.47.